The maximum atomic E-state index is 13.8. The van der Waals surface area contributed by atoms with Gasteiger partial charge in [-0.3, -0.25) is 9.20 Å². The summed E-state index contributed by atoms with van der Waals surface area (Å²) in [5.41, 5.74) is 0.966. The molecule has 7 heteroatoms. The molecule has 0 saturated heterocycles. The number of halogens is 3. The number of rotatable bonds is 3. The van der Waals surface area contributed by atoms with Crippen LogP contribution in [0.15, 0.2) is 47.4 Å². The zero-order chi connectivity index (χ0) is 15.7. The molecule has 0 atom stereocenters. The first-order valence-electron chi connectivity index (χ1n) is 6.40. The van der Waals surface area contributed by atoms with Crippen molar-refractivity contribution in [2.75, 3.05) is 5.32 Å². The van der Waals surface area contributed by atoms with Gasteiger partial charge in [-0.05, 0) is 24.3 Å². The van der Waals surface area contributed by atoms with Crippen molar-refractivity contribution >= 4 is 34.5 Å². The second-order valence-corrected chi connectivity index (χ2v) is 5.46. The number of aromatic nitrogens is 2. The van der Waals surface area contributed by atoms with Crippen molar-refractivity contribution in [2.24, 2.45) is 0 Å². The number of nitrogens with one attached hydrogen (secondary N) is 1. The number of hydrogen-bond acceptors (Lipinski definition) is 3. The van der Waals surface area contributed by atoms with Gasteiger partial charge in [0.25, 0.3) is 5.56 Å². The lowest BCUT2D eigenvalue weighted by molar-refractivity contribution is 0.630. The van der Waals surface area contributed by atoms with E-state index in [9.17, 15) is 9.18 Å². The fourth-order valence-electron chi connectivity index (χ4n) is 2.04. The molecular weight excluding hydrogens is 328 g/mol. The van der Waals surface area contributed by atoms with Gasteiger partial charge in [0.1, 0.15) is 5.65 Å². The van der Waals surface area contributed by atoms with Crippen LogP contribution in [0.25, 0.3) is 5.65 Å². The van der Waals surface area contributed by atoms with Gasteiger partial charge in [0.05, 0.1) is 28.0 Å². The van der Waals surface area contributed by atoms with Gasteiger partial charge in [-0.1, -0.05) is 29.3 Å². The summed E-state index contributed by atoms with van der Waals surface area (Å²) in [6.07, 6.45) is 1.50. The van der Waals surface area contributed by atoms with Crippen molar-refractivity contribution in [2.45, 2.75) is 6.54 Å². The first-order chi connectivity index (χ1) is 10.5. The third-order valence-corrected chi connectivity index (χ3v) is 3.60. The summed E-state index contributed by atoms with van der Waals surface area (Å²) in [6, 6.07) is 9.34. The zero-order valence-electron chi connectivity index (χ0n) is 11.2. The molecule has 3 rings (SSSR count). The predicted molar refractivity (Wildman–Crippen MR) is 85.2 cm³/mol. The molecule has 112 valence electrons. The highest BCUT2D eigenvalue weighted by Crippen LogP contribution is 2.22. The molecule has 4 nitrogen and oxygen atoms in total. The lowest BCUT2D eigenvalue weighted by atomic mass is 10.3. The Bertz CT molecular complexity index is 911. The molecule has 0 aliphatic heterocycles. The average molecular weight is 338 g/mol. The van der Waals surface area contributed by atoms with E-state index < -0.39 is 5.82 Å². The molecule has 0 spiro atoms. The monoisotopic (exact) mass is 337 g/mol. The Balaban J connectivity index is 1.90. The lowest BCUT2D eigenvalue weighted by Crippen LogP contribution is -2.16. The van der Waals surface area contributed by atoms with Gasteiger partial charge in [0, 0.05) is 12.3 Å². The van der Waals surface area contributed by atoms with E-state index >= 15 is 0 Å². The maximum Gasteiger partial charge on any atom is 0.258 e. The number of hydrogen-bond donors (Lipinski definition) is 1. The van der Waals surface area contributed by atoms with Gasteiger partial charge in [0.15, 0.2) is 5.82 Å². The molecule has 0 radical (unpaired) electrons. The summed E-state index contributed by atoms with van der Waals surface area (Å²) in [5, 5.41) is 3.36. The molecule has 0 unspecified atom stereocenters. The van der Waals surface area contributed by atoms with Crippen molar-refractivity contribution in [1.29, 1.82) is 0 Å². The first kappa shape index (κ1) is 14.8. The van der Waals surface area contributed by atoms with E-state index in [1.807, 2.05) is 0 Å². The number of benzene rings is 1. The van der Waals surface area contributed by atoms with Crippen LogP contribution in [0.3, 0.4) is 0 Å². The summed E-state index contributed by atoms with van der Waals surface area (Å²) in [4.78, 5) is 16.4. The molecule has 0 bridgehead atoms. The Labute approximate surface area is 135 Å². The second kappa shape index (κ2) is 5.94. The van der Waals surface area contributed by atoms with E-state index in [0.717, 1.165) is 0 Å². The Kier molecular flexibility index (Phi) is 4.00. The van der Waals surface area contributed by atoms with E-state index in [2.05, 4.69) is 10.3 Å². The third kappa shape index (κ3) is 2.91. The number of nitrogens with zero attached hydrogens (tertiary/aromatic N) is 2. The van der Waals surface area contributed by atoms with E-state index in [0.29, 0.717) is 16.4 Å². The normalized spacial score (nSPS) is 10.9. The van der Waals surface area contributed by atoms with Crippen LogP contribution >= 0.6 is 23.2 Å². The van der Waals surface area contributed by atoms with E-state index in [1.165, 1.54) is 22.7 Å². The standard InChI is InChI=1S/C15H10Cl2FN3O/c16-9-4-5-13-20-10(6-14(22)21(13)8-9)7-19-12-3-1-2-11(17)15(12)18/h1-6,8,19H,7H2. The van der Waals surface area contributed by atoms with Crippen LogP contribution in [0.2, 0.25) is 10.0 Å². The summed E-state index contributed by atoms with van der Waals surface area (Å²) < 4.78 is 15.1. The van der Waals surface area contributed by atoms with Crippen molar-refractivity contribution < 1.29 is 4.39 Å². The molecule has 0 aliphatic carbocycles. The van der Waals surface area contributed by atoms with Crippen LogP contribution in [0, 0.1) is 5.82 Å². The fourth-order valence-corrected chi connectivity index (χ4v) is 2.38. The van der Waals surface area contributed by atoms with Crippen molar-refractivity contribution in [3.05, 3.63) is 74.5 Å². The Hall–Kier alpha value is -2.11. The quantitative estimate of drug-likeness (QED) is 0.791. The van der Waals surface area contributed by atoms with Crippen molar-refractivity contribution in [1.82, 2.24) is 9.38 Å². The third-order valence-electron chi connectivity index (χ3n) is 3.09. The summed E-state index contributed by atoms with van der Waals surface area (Å²) >= 11 is 11.6. The lowest BCUT2D eigenvalue weighted by Gasteiger charge is -2.09. The number of fused-ring (bicyclic) bond motifs is 1. The Morgan fingerprint density at radius 1 is 1.23 bits per heavy atom. The van der Waals surface area contributed by atoms with Gasteiger partial charge in [-0.25, -0.2) is 9.37 Å². The largest absolute Gasteiger partial charge is 0.377 e. The fraction of sp³-hybridized carbons (Fsp3) is 0.0667. The summed E-state index contributed by atoms with van der Waals surface area (Å²) in [7, 11) is 0. The highest BCUT2D eigenvalue weighted by molar-refractivity contribution is 6.31. The van der Waals surface area contributed by atoms with Crippen LogP contribution < -0.4 is 10.9 Å². The van der Waals surface area contributed by atoms with E-state index in [1.54, 1.807) is 24.3 Å². The molecule has 2 aromatic heterocycles. The molecule has 2 heterocycles. The summed E-state index contributed by atoms with van der Waals surface area (Å²) in [6.45, 7) is 0.200. The highest BCUT2D eigenvalue weighted by atomic mass is 35.5. The van der Waals surface area contributed by atoms with Crippen LogP contribution in [0.1, 0.15) is 5.69 Å². The van der Waals surface area contributed by atoms with Gasteiger partial charge >= 0.3 is 0 Å². The van der Waals surface area contributed by atoms with E-state index in [4.69, 9.17) is 23.2 Å². The minimum Gasteiger partial charge on any atom is -0.377 e. The van der Waals surface area contributed by atoms with Gasteiger partial charge in [0.2, 0.25) is 0 Å². The average Bonchev–Trinajstić information content (AvgIpc) is 2.49. The predicted octanol–water partition coefficient (Wildman–Crippen LogP) is 3.75. The molecule has 3 aromatic rings. The molecule has 0 fully saturated rings. The SMILES string of the molecule is O=c1cc(CNc2cccc(Cl)c2F)nc2ccc(Cl)cn12. The molecule has 0 aliphatic rings. The number of anilines is 1. The van der Waals surface area contributed by atoms with Crippen molar-refractivity contribution in [3.63, 3.8) is 0 Å². The van der Waals surface area contributed by atoms with Crippen LogP contribution in [0.4, 0.5) is 10.1 Å². The number of pyridine rings is 1. The smallest absolute Gasteiger partial charge is 0.258 e. The molecule has 0 saturated carbocycles. The molecule has 22 heavy (non-hydrogen) atoms. The molecule has 1 N–H and O–H groups in total. The topological polar surface area (TPSA) is 46.4 Å². The van der Waals surface area contributed by atoms with Crippen LogP contribution in [-0.4, -0.2) is 9.38 Å². The van der Waals surface area contributed by atoms with Gasteiger partial charge < -0.3 is 5.32 Å². The molecule has 1 aromatic carbocycles. The Morgan fingerprint density at radius 3 is 2.86 bits per heavy atom. The second-order valence-electron chi connectivity index (χ2n) is 4.62. The minimum atomic E-state index is -0.534. The Morgan fingerprint density at radius 2 is 2.05 bits per heavy atom. The molecule has 0 amide bonds. The first-order valence-corrected chi connectivity index (χ1v) is 7.16. The van der Waals surface area contributed by atoms with E-state index in [-0.39, 0.29) is 22.8 Å². The summed E-state index contributed by atoms with van der Waals surface area (Å²) in [5.74, 6) is -0.534. The van der Waals surface area contributed by atoms with Crippen molar-refractivity contribution in [3.8, 4) is 0 Å². The van der Waals surface area contributed by atoms with Crippen LogP contribution in [-0.2, 0) is 6.54 Å². The highest BCUT2D eigenvalue weighted by Gasteiger charge is 2.07. The van der Waals surface area contributed by atoms with Gasteiger partial charge in [-0.15, -0.1) is 0 Å². The maximum absolute atomic E-state index is 13.8. The molecular formula is C15H10Cl2FN3O. The minimum absolute atomic E-state index is 0.0335. The van der Waals surface area contributed by atoms with Gasteiger partial charge in [-0.2, -0.15) is 0 Å². The van der Waals surface area contributed by atoms with Crippen LogP contribution in [0.5, 0.6) is 0 Å². The zero-order valence-corrected chi connectivity index (χ0v) is 12.7.